The lowest BCUT2D eigenvalue weighted by Gasteiger charge is -2.21. The zero-order chi connectivity index (χ0) is 11.9. The van der Waals surface area contributed by atoms with Gasteiger partial charge in [-0.15, -0.1) is 0 Å². The Morgan fingerprint density at radius 2 is 2.12 bits per heavy atom. The first-order valence-electron chi connectivity index (χ1n) is 5.08. The molecule has 84 valence electrons. The lowest BCUT2D eigenvalue weighted by molar-refractivity contribution is -0.142. The van der Waals surface area contributed by atoms with Crippen molar-refractivity contribution in [3.63, 3.8) is 0 Å². The van der Waals surface area contributed by atoms with Crippen LogP contribution in [0.15, 0.2) is 18.2 Å². The van der Waals surface area contributed by atoms with E-state index in [1.165, 1.54) is 0 Å². The molecule has 1 heterocycles. The van der Waals surface area contributed by atoms with Crippen molar-refractivity contribution in [2.24, 2.45) is 0 Å². The molecule has 0 saturated carbocycles. The molecule has 0 saturated heterocycles. The third-order valence-electron chi connectivity index (χ3n) is 3.03. The Morgan fingerprint density at radius 1 is 1.44 bits per heavy atom. The third-order valence-corrected chi connectivity index (χ3v) is 3.03. The Hall–Kier alpha value is -1.84. The fourth-order valence-electron chi connectivity index (χ4n) is 1.92. The molecule has 2 rings (SSSR count). The first-order valence-corrected chi connectivity index (χ1v) is 5.08. The van der Waals surface area contributed by atoms with Gasteiger partial charge in [0.15, 0.2) is 0 Å². The molecule has 1 aromatic rings. The summed E-state index contributed by atoms with van der Waals surface area (Å²) in [5.41, 5.74) is 0.923. The van der Waals surface area contributed by atoms with Crippen molar-refractivity contribution in [3.05, 3.63) is 34.9 Å². The van der Waals surface area contributed by atoms with Gasteiger partial charge in [-0.25, -0.2) is 0 Å². The minimum absolute atomic E-state index is 0.181. The fraction of sp³-hybridized carbons (Fsp3) is 0.333. The number of rotatable bonds is 2. The predicted octanol–water partition coefficient (Wildman–Crippen LogP) is 1.29. The number of nitrogens with one attached hydrogen (secondary N) is 1. The first-order chi connectivity index (χ1) is 7.44. The van der Waals surface area contributed by atoms with Gasteiger partial charge < -0.3 is 10.4 Å². The Labute approximate surface area is 93.3 Å². The summed E-state index contributed by atoms with van der Waals surface area (Å²) in [5.74, 6) is -1.11. The number of carboxylic acid groups (broad SMARTS) is 1. The molecule has 1 aliphatic rings. The number of carbonyl (C=O) groups excluding carboxylic acids is 1. The number of benzene rings is 1. The highest BCUT2D eigenvalue weighted by atomic mass is 16.4. The average Bonchev–Trinajstić information content (AvgIpc) is 2.60. The second-order valence-electron chi connectivity index (χ2n) is 4.45. The van der Waals surface area contributed by atoms with Gasteiger partial charge in [0.25, 0.3) is 5.91 Å². The number of hydrogen-bond acceptors (Lipinski definition) is 2. The molecule has 1 aromatic carbocycles. The van der Waals surface area contributed by atoms with Crippen molar-refractivity contribution in [2.75, 3.05) is 0 Å². The quantitative estimate of drug-likeness (QED) is 0.787. The van der Waals surface area contributed by atoms with Crippen LogP contribution < -0.4 is 5.32 Å². The van der Waals surface area contributed by atoms with Crippen molar-refractivity contribution < 1.29 is 14.7 Å². The van der Waals surface area contributed by atoms with Crippen LogP contribution in [0.2, 0.25) is 0 Å². The Balaban J connectivity index is 2.64. The molecular weight excluding hydrogens is 206 g/mol. The molecule has 0 radical (unpaired) electrons. The van der Waals surface area contributed by atoms with Crippen molar-refractivity contribution >= 4 is 11.9 Å². The number of hydrogen-bond donors (Lipinski definition) is 2. The molecule has 0 bridgehead atoms. The van der Waals surface area contributed by atoms with Crippen LogP contribution in [0, 0.1) is 0 Å². The standard InChI is InChI=1S/C12H13NO3/c1-12(2,11(15)16)8-5-3-4-7-6-13-10(14)9(7)8/h3-5H,6H2,1-2H3,(H,13,14)(H,15,16). The van der Waals surface area contributed by atoms with E-state index in [0.717, 1.165) is 5.56 Å². The van der Waals surface area contributed by atoms with Crippen molar-refractivity contribution in [2.45, 2.75) is 25.8 Å². The number of carboxylic acids is 1. The van der Waals surface area contributed by atoms with Gasteiger partial charge in [0.05, 0.1) is 5.41 Å². The maximum atomic E-state index is 11.7. The molecule has 0 aromatic heterocycles. The van der Waals surface area contributed by atoms with Gasteiger partial charge in [0.1, 0.15) is 0 Å². The van der Waals surface area contributed by atoms with E-state index in [2.05, 4.69) is 5.32 Å². The Bertz CT molecular complexity index is 477. The molecule has 4 heteroatoms. The van der Waals surface area contributed by atoms with Gasteiger partial charge in [-0.1, -0.05) is 18.2 Å². The maximum Gasteiger partial charge on any atom is 0.313 e. The van der Waals surface area contributed by atoms with Crippen LogP contribution in [0.4, 0.5) is 0 Å². The molecule has 0 spiro atoms. The molecule has 1 aliphatic heterocycles. The van der Waals surface area contributed by atoms with Gasteiger partial charge in [-0.3, -0.25) is 9.59 Å². The molecule has 16 heavy (non-hydrogen) atoms. The van der Waals surface area contributed by atoms with E-state index in [0.29, 0.717) is 17.7 Å². The van der Waals surface area contributed by atoms with E-state index in [4.69, 9.17) is 0 Å². The van der Waals surface area contributed by atoms with Gasteiger partial charge in [-0.05, 0) is 25.0 Å². The molecule has 0 fully saturated rings. The summed E-state index contributed by atoms with van der Waals surface area (Å²) >= 11 is 0. The molecular formula is C12H13NO3. The molecule has 0 unspecified atom stereocenters. The summed E-state index contributed by atoms with van der Waals surface area (Å²) in [5, 5.41) is 11.9. The highest BCUT2D eigenvalue weighted by Gasteiger charge is 2.35. The number of carbonyl (C=O) groups is 2. The van der Waals surface area contributed by atoms with Gasteiger partial charge in [0, 0.05) is 12.1 Å². The zero-order valence-electron chi connectivity index (χ0n) is 9.20. The summed E-state index contributed by atoms with van der Waals surface area (Å²) < 4.78 is 0. The van der Waals surface area contributed by atoms with E-state index in [9.17, 15) is 14.7 Å². The van der Waals surface area contributed by atoms with Gasteiger partial charge in [-0.2, -0.15) is 0 Å². The topological polar surface area (TPSA) is 66.4 Å². The van der Waals surface area contributed by atoms with Crippen LogP contribution in [0.1, 0.15) is 35.3 Å². The normalized spacial score (nSPS) is 14.5. The summed E-state index contributed by atoms with van der Waals surface area (Å²) in [7, 11) is 0. The minimum Gasteiger partial charge on any atom is -0.481 e. The largest absolute Gasteiger partial charge is 0.481 e. The lowest BCUT2D eigenvalue weighted by Crippen LogP contribution is -2.31. The van der Waals surface area contributed by atoms with E-state index in [-0.39, 0.29) is 5.91 Å². The van der Waals surface area contributed by atoms with Crippen LogP contribution in [0.3, 0.4) is 0 Å². The second kappa shape index (κ2) is 3.33. The molecule has 0 aliphatic carbocycles. The molecule has 0 atom stereocenters. The van der Waals surface area contributed by atoms with E-state index < -0.39 is 11.4 Å². The summed E-state index contributed by atoms with van der Waals surface area (Å²) in [6, 6.07) is 5.34. The smallest absolute Gasteiger partial charge is 0.313 e. The van der Waals surface area contributed by atoms with Crippen molar-refractivity contribution in [1.82, 2.24) is 5.32 Å². The lowest BCUT2D eigenvalue weighted by atomic mass is 9.81. The molecule has 2 N–H and O–H groups in total. The molecule has 1 amide bonds. The number of aliphatic carboxylic acids is 1. The van der Waals surface area contributed by atoms with Crippen LogP contribution in [-0.4, -0.2) is 17.0 Å². The third kappa shape index (κ3) is 1.38. The monoisotopic (exact) mass is 219 g/mol. The van der Waals surface area contributed by atoms with E-state index >= 15 is 0 Å². The van der Waals surface area contributed by atoms with Crippen molar-refractivity contribution in [3.8, 4) is 0 Å². The van der Waals surface area contributed by atoms with Gasteiger partial charge in [0.2, 0.25) is 0 Å². The number of fused-ring (bicyclic) bond motifs is 1. The maximum absolute atomic E-state index is 11.7. The van der Waals surface area contributed by atoms with E-state index in [1.807, 2.05) is 6.07 Å². The summed E-state index contributed by atoms with van der Waals surface area (Å²) in [6.07, 6.45) is 0. The SMILES string of the molecule is CC(C)(C(=O)O)c1cccc2c1C(=O)NC2. The Kier molecular flexibility index (Phi) is 2.22. The Morgan fingerprint density at radius 3 is 2.75 bits per heavy atom. The van der Waals surface area contributed by atoms with Gasteiger partial charge >= 0.3 is 5.97 Å². The van der Waals surface area contributed by atoms with Crippen LogP contribution in [0.5, 0.6) is 0 Å². The van der Waals surface area contributed by atoms with Crippen LogP contribution in [-0.2, 0) is 16.8 Å². The van der Waals surface area contributed by atoms with Crippen LogP contribution >= 0.6 is 0 Å². The predicted molar refractivity (Wildman–Crippen MR) is 58.3 cm³/mol. The summed E-state index contributed by atoms with van der Waals surface area (Å²) in [6.45, 7) is 3.70. The summed E-state index contributed by atoms with van der Waals surface area (Å²) in [4.78, 5) is 22.8. The van der Waals surface area contributed by atoms with Crippen LogP contribution in [0.25, 0.3) is 0 Å². The van der Waals surface area contributed by atoms with Crippen molar-refractivity contribution in [1.29, 1.82) is 0 Å². The van der Waals surface area contributed by atoms with E-state index in [1.54, 1.807) is 26.0 Å². The molecule has 4 nitrogen and oxygen atoms in total. The average molecular weight is 219 g/mol. The zero-order valence-corrected chi connectivity index (χ0v) is 9.20. The first kappa shape index (κ1) is 10.7. The number of amides is 1. The highest BCUT2D eigenvalue weighted by Crippen LogP contribution is 2.30. The minimum atomic E-state index is -1.05. The fourth-order valence-corrected chi connectivity index (χ4v) is 1.92. The highest BCUT2D eigenvalue weighted by molar-refractivity contribution is 6.01. The second-order valence-corrected chi connectivity index (χ2v) is 4.45.